The quantitative estimate of drug-likeness (QED) is 0.489. The van der Waals surface area contributed by atoms with Gasteiger partial charge in [-0.1, -0.05) is 0 Å². The van der Waals surface area contributed by atoms with Crippen LogP contribution in [0.4, 0.5) is 0 Å². The van der Waals surface area contributed by atoms with Gasteiger partial charge in [-0.2, -0.15) is 0 Å². The number of Topliss-reactive ketones (excluding diaryl/α,β-unsaturated/α-hetero) is 1. The zero-order valence-corrected chi connectivity index (χ0v) is 17.6. The number of aryl methyl sites for hydroxylation is 1. The van der Waals surface area contributed by atoms with Crippen LogP contribution in [0.3, 0.4) is 0 Å². The maximum absolute atomic E-state index is 12.5. The van der Waals surface area contributed by atoms with E-state index < -0.39 is 5.97 Å². The van der Waals surface area contributed by atoms with Crippen LogP contribution >= 0.6 is 0 Å². The second kappa shape index (κ2) is 9.27. The topological polar surface area (TPSA) is 66.8 Å². The third-order valence-corrected chi connectivity index (χ3v) is 5.19. The Labute approximate surface area is 171 Å². The Kier molecular flexibility index (Phi) is 6.75. The Balaban J connectivity index is 1.53. The van der Waals surface area contributed by atoms with Crippen molar-refractivity contribution in [2.24, 2.45) is 0 Å². The molecule has 0 aliphatic carbocycles. The van der Waals surface area contributed by atoms with E-state index in [-0.39, 0.29) is 24.5 Å². The highest BCUT2D eigenvalue weighted by Gasteiger charge is 2.19. The molecule has 1 aliphatic rings. The lowest BCUT2D eigenvalue weighted by atomic mass is 10.1. The fourth-order valence-corrected chi connectivity index (χ4v) is 3.80. The average Bonchev–Trinajstić information content (AvgIpc) is 3.32. The van der Waals surface area contributed by atoms with Crippen molar-refractivity contribution in [3.05, 3.63) is 52.8 Å². The Morgan fingerprint density at radius 3 is 2.52 bits per heavy atom. The summed E-state index contributed by atoms with van der Waals surface area (Å²) < 4.78 is 18.6. The molecule has 1 atom stereocenters. The van der Waals surface area contributed by atoms with Crippen molar-refractivity contribution in [3.8, 4) is 5.75 Å². The van der Waals surface area contributed by atoms with Gasteiger partial charge < -0.3 is 18.8 Å². The van der Waals surface area contributed by atoms with Gasteiger partial charge in [0.05, 0.1) is 11.7 Å². The molecule has 1 aromatic heterocycles. The number of aromatic nitrogens is 1. The zero-order valence-electron chi connectivity index (χ0n) is 17.6. The van der Waals surface area contributed by atoms with E-state index in [2.05, 4.69) is 18.4 Å². The molecule has 0 unspecified atom stereocenters. The monoisotopic (exact) mass is 399 g/mol. The van der Waals surface area contributed by atoms with Crippen LogP contribution < -0.4 is 4.74 Å². The molecule has 156 valence electrons. The lowest BCUT2D eigenvalue weighted by Crippen LogP contribution is -2.16. The van der Waals surface area contributed by atoms with Crippen LogP contribution in [-0.4, -0.2) is 42.2 Å². The van der Waals surface area contributed by atoms with Crippen molar-refractivity contribution in [2.75, 3.05) is 19.8 Å². The van der Waals surface area contributed by atoms with Crippen LogP contribution in [0.2, 0.25) is 0 Å². The van der Waals surface area contributed by atoms with E-state index in [1.807, 2.05) is 19.9 Å². The van der Waals surface area contributed by atoms with E-state index in [1.54, 1.807) is 24.3 Å². The summed E-state index contributed by atoms with van der Waals surface area (Å²) in [7, 11) is 0. The molecule has 2 heterocycles. The smallest absolute Gasteiger partial charge is 0.338 e. The van der Waals surface area contributed by atoms with Crippen molar-refractivity contribution in [1.82, 2.24) is 4.57 Å². The van der Waals surface area contributed by atoms with Crippen LogP contribution in [0.5, 0.6) is 5.75 Å². The zero-order chi connectivity index (χ0) is 21.0. The van der Waals surface area contributed by atoms with Crippen LogP contribution in [0.1, 0.15) is 64.8 Å². The molecule has 1 saturated heterocycles. The molecule has 0 bridgehead atoms. The van der Waals surface area contributed by atoms with Crippen molar-refractivity contribution in [2.45, 2.75) is 52.7 Å². The van der Waals surface area contributed by atoms with Gasteiger partial charge in [0.1, 0.15) is 12.4 Å². The van der Waals surface area contributed by atoms with Crippen molar-refractivity contribution >= 4 is 11.8 Å². The summed E-state index contributed by atoms with van der Waals surface area (Å²) in [6.07, 6.45) is 2.22. The first-order chi connectivity index (χ1) is 13.9. The lowest BCUT2D eigenvalue weighted by molar-refractivity contribution is 0.0474. The predicted molar refractivity (Wildman–Crippen MR) is 110 cm³/mol. The maximum Gasteiger partial charge on any atom is 0.338 e. The third kappa shape index (κ3) is 5.07. The summed E-state index contributed by atoms with van der Waals surface area (Å²) in [5.41, 5.74) is 2.90. The summed E-state index contributed by atoms with van der Waals surface area (Å²) in [4.78, 5) is 24.8. The number of nitrogens with zero attached hydrogens (tertiary/aromatic N) is 1. The molecule has 29 heavy (non-hydrogen) atoms. The molecule has 0 amide bonds. The molecule has 0 N–H and O–H groups in total. The lowest BCUT2D eigenvalue weighted by Gasteiger charge is -2.13. The molecule has 6 heteroatoms. The van der Waals surface area contributed by atoms with Crippen LogP contribution in [0.25, 0.3) is 0 Å². The van der Waals surface area contributed by atoms with Gasteiger partial charge in [-0.15, -0.1) is 0 Å². The summed E-state index contributed by atoms with van der Waals surface area (Å²) >= 11 is 0. The predicted octanol–water partition coefficient (Wildman–Crippen LogP) is 4.28. The number of hydrogen-bond acceptors (Lipinski definition) is 5. The molecule has 6 nitrogen and oxygen atoms in total. The molecular formula is C23H29NO5. The second-order valence-corrected chi connectivity index (χ2v) is 7.72. The standard InChI is InChI=1S/C23H29NO5/c1-15(2)24-16(3)12-21(17(24)4)22(25)14-29-23(26)18-7-9-19(10-8-18)28-13-20-6-5-11-27-20/h7-10,12,15,20H,5-6,11,13-14H2,1-4H3/t20-/m0/s1. The van der Waals surface area contributed by atoms with E-state index in [0.29, 0.717) is 23.5 Å². The fraction of sp³-hybridized carbons (Fsp3) is 0.478. The minimum absolute atomic E-state index is 0.142. The Morgan fingerprint density at radius 1 is 1.21 bits per heavy atom. The molecule has 0 spiro atoms. The van der Waals surface area contributed by atoms with Crippen molar-refractivity contribution in [1.29, 1.82) is 0 Å². The van der Waals surface area contributed by atoms with Crippen LogP contribution in [0.15, 0.2) is 30.3 Å². The van der Waals surface area contributed by atoms with E-state index in [1.165, 1.54) is 0 Å². The van der Waals surface area contributed by atoms with E-state index in [9.17, 15) is 9.59 Å². The SMILES string of the molecule is Cc1cc(C(=O)COC(=O)c2ccc(OC[C@@H]3CCCO3)cc2)c(C)n1C(C)C. The van der Waals surface area contributed by atoms with E-state index >= 15 is 0 Å². The average molecular weight is 399 g/mol. The number of benzene rings is 1. The molecular weight excluding hydrogens is 370 g/mol. The van der Waals surface area contributed by atoms with Gasteiger partial charge in [-0.3, -0.25) is 4.79 Å². The Bertz CT molecular complexity index is 860. The normalized spacial score (nSPS) is 16.2. The number of ketones is 1. The van der Waals surface area contributed by atoms with Gasteiger partial charge in [0, 0.05) is 29.6 Å². The highest BCUT2D eigenvalue weighted by atomic mass is 16.5. The molecule has 3 rings (SSSR count). The highest BCUT2D eigenvalue weighted by Crippen LogP contribution is 2.21. The van der Waals surface area contributed by atoms with E-state index in [0.717, 1.165) is 30.8 Å². The molecule has 1 fully saturated rings. The highest BCUT2D eigenvalue weighted by molar-refractivity contribution is 6.00. The summed E-state index contributed by atoms with van der Waals surface area (Å²) in [5.74, 6) is -0.0502. The number of hydrogen-bond donors (Lipinski definition) is 0. The number of esters is 1. The minimum Gasteiger partial charge on any atom is -0.491 e. The van der Waals surface area contributed by atoms with Gasteiger partial charge in [-0.05, 0) is 70.9 Å². The fourth-order valence-electron chi connectivity index (χ4n) is 3.80. The van der Waals surface area contributed by atoms with Gasteiger partial charge in [0.25, 0.3) is 0 Å². The summed E-state index contributed by atoms with van der Waals surface area (Å²) in [5, 5.41) is 0. The third-order valence-electron chi connectivity index (χ3n) is 5.19. The molecule has 1 aromatic carbocycles. The summed E-state index contributed by atoms with van der Waals surface area (Å²) in [6, 6.07) is 8.85. The number of carbonyl (C=O) groups is 2. The van der Waals surface area contributed by atoms with Gasteiger partial charge in [0.15, 0.2) is 6.61 Å². The molecule has 0 saturated carbocycles. The number of carbonyl (C=O) groups excluding carboxylic acids is 2. The first-order valence-electron chi connectivity index (χ1n) is 10.1. The molecule has 2 aromatic rings. The maximum atomic E-state index is 12.5. The van der Waals surface area contributed by atoms with Crippen molar-refractivity contribution < 1.29 is 23.8 Å². The van der Waals surface area contributed by atoms with Gasteiger partial charge in [-0.25, -0.2) is 4.79 Å². The van der Waals surface area contributed by atoms with Gasteiger partial charge >= 0.3 is 5.97 Å². The van der Waals surface area contributed by atoms with Gasteiger partial charge in [0.2, 0.25) is 5.78 Å². The number of rotatable bonds is 8. The first-order valence-corrected chi connectivity index (χ1v) is 10.1. The second-order valence-electron chi connectivity index (χ2n) is 7.72. The van der Waals surface area contributed by atoms with E-state index in [4.69, 9.17) is 14.2 Å². The molecule has 0 radical (unpaired) electrons. The Hall–Kier alpha value is -2.60. The molecule has 1 aliphatic heterocycles. The largest absolute Gasteiger partial charge is 0.491 e. The Morgan fingerprint density at radius 2 is 1.93 bits per heavy atom. The van der Waals surface area contributed by atoms with Crippen LogP contribution in [-0.2, 0) is 9.47 Å². The summed E-state index contributed by atoms with van der Waals surface area (Å²) in [6.45, 7) is 9.05. The number of ether oxygens (including phenoxy) is 3. The minimum atomic E-state index is -0.526. The first kappa shape index (κ1) is 21.1. The van der Waals surface area contributed by atoms with Crippen LogP contribution in [0, 0.1) is 13.8 Å². The van der Waals surface area contributed by atoms with Crippen molar-refractivity contribution in [3.63, 3.8) is 0 Å².